The zero-order valence-electron chi connectivity index (χ0n) is 13.4. The fourth-order valence-corrected chi connectivity index (χ4v) is 3.63. The molecular formula is C17H27N3O2. The van der Waals surface area contributed by atoms with Gasteiger partial charge in [-0.1, -0.05) is 6.92 Å². The number of nitrogens with one attached hydrogen (secondary N) is 1. The predicted molar refractivity (Wildman–Crippen MR) is 85.9 cm³/mol. The number of rotatable bonds is 3. The summed E-state index contributed by atoms with van der Waals surface area (Å²) >= 11 is 0. The van der Waals surface area contributed by atoms with Crippen LogP contribution in [0.1, 0.15) is 48.8 Å². The zero-order valence-corrected chi connectivity index (χ0v) is 13.4. The maximum absolute atomic E-state index is 12.5. The first-order valence-corrected chi connectivity index (χ1v) is 8.56. The molecule has 122 valence electrons. The van der Waals surface area contributed by atoms with Gasteiger partial charge in [0.2, 0.25) is 0 Å². The van der Waals surface area contributed by atoms with Crippen molar-refractivity contribution in [2.24, 2.45) is 0 Å². The third kappa shape index (κ3) is 3.36. The highest BCUT2D eigenvalue weighted by molar-refractivity contribution is 5.92. The van der Waals surface area contributed by atoms with Gasteiger partial charge in [0.25, 0.3) is 5.91 Å². The Morgan fingerprint density at radius 3 is 2.45 bits per heavy atom. The first kappa shape index (κ1) is 15.6. The first-order valence-electron chi connectivity index (χ1n) is 8.56. The number of H-pyrrole nitrogens is 1. The van der Waals surface area contributed by atoms with Crippen LogP contribution in [-0.2, 0) is 6.42 Å². The number of aromatic amines is 1. The minimum atomic E-state index is -0.112. The molecule has 1 aromatic heterocycles. The summed E-state index contributed by atoms with van der Waals surface area (Å²) in [6.07, 6.45) is 4.68. The number of amides is 1. The van der Waals surface area contributed by atoms with Crippen molar-refractivity contribution >= 4 is 5.91 Å². The summed E-state index contributed by atoms with van der Waals surface area (Å²) in [5.41, 5.74) is 1.83. The van der Waals surface area contributed by atoms with E-state index in [-0.39, 0.29) is 12.0 Å². The van der Waals surface area contributed by atoms with Crippen molar-refractivity contribution in [3.05, 3.63) is 23.5 Å². The molecule has 0 radical (unpaired) electrons. The van der Waals surface area contributed by atoms with Gasteiger partial charge in [0.1, 0.15) is 5.69 Å². The average molecular weight is 305 g/mol. The second-order valence-corrected chi connectivity index (χ2v) is 6.54. The summed E-state index contributed by atoms with van der Waals surface area (Å²) in [5.74, 6) is 0.132. The van der Waals surface area contributed by atoms with Gasteiger partial charge < -0.3 is 19.9 Å². The molecule has 0 atom stereocenters. The van der Waals surface area contributed by atoms with Crippen molar-refractivity contribution in [1.29, 1.82) is 0 Å². The van der Waals surface area contributed by atoms with Gasteiger partial charge in [-0.25, -0.2) is 0 Å². The SMILES string of the molecule is CCc1ccc(C(=O)N2CCC(N3CCC(O)CC3)CC2)[nH]1. The zero-order chi connectivity index (χ0) is 15.5. The van der Waals surface area contributed by atoms with E-state index in [1.54, 1.807) is 0 Å². The standard InChI is InChI=1S/C17H27N3O2/c1-2-13-3-4-16(18-13)17(22)20-9-5-14(6-10-20)19-11-7-15(21)8-12-19/h3-4,14-15,18,21H,2,5-12H2,1H3. The van der Waals surface area contributed by atoms with E-state index in [2.05, 4.69) is 16.8 Å². The Hall–Kier alpha value is -1.33. The molecular weight excluding hydrogens is 278 g/mol. The predicted octanol–water partition coefficient (Wildman–Crippen LogP) is 1.64. The smallest absolute Gasteiger partial charge is 0.270 e. The topological polar surface area (TPSA) is 59.6 Å². The normalized spacial score (nSPS) is 22.2. The fraction of sp³-hybridized carbons (Fsp3) is 0.706. The average Bonchev–Trinajstić information content (AvgIpc) is 3.04. The summed E-state index contributed by atoms with van der Waals surface area (Å²) in [5, 5.41) is 9.61. The lowest BCUT2D eigenvalue weighted by molar-refractivity contribution is 0.0355. The number of hydrogen-bond acceptors (Lipinski definition) is 3. The monoisotopic (exact) mass is 305 g/mol. The van der Waals surface area contributed by atoms with Crippen LogP contribution < -0.4 is 0 Å². The molecule has 0 aliphatic carbocycles. The van der Waals surface area contributed by atoms with Crippen LogP contribution in [0.5, 0.6) is 0 Å². The summed E-state index contributed by atoms with van der Waals surface area (Å²) in [4.78, 5) is 20.2. The highest BCUT2D eigenvalue weighted by atomic mass is 16.3. The maximum Gasteiger partial charge on any atom is 0.270 e. The van der Waals surface area contributed by atoms with Crippen molar-refractivity contribution < 1.29 is 9.90 Å². The molecule has 1 amide bonds. The van der Waals surface area contributed by atoms with E-state index in [9.17, 15) is 9.90 Å². The lowest BCUT2D eigenvalue weighted by Gasteiger charge is -2.41. The van der Waals surface area contributed by atoms with E-state index < -0.39 is 0 Å². The van der Waals surface area contributed by atoms with Gasteiger partial charge in [-0.05, 0) is 44.2 Å². The Bertz CT molecular complexity index is 498. The van der Waals surface area contributed by atoms with E-state index in [1.807, 2.05) is 17.0 Å². The molecule has 2 N–H and O–H groups in total. The lowest BCUT2D eigenvalue weighted by Crippen LogP contribution is -2.49. The summed E-state index contributed by atoms with van der Waals surface area (Å²) < 4.78 is 0. The molecule has 2 aliphatic rings. The highest BCUT2D eigenvalue weighted by Gasteiger charge is 2.29. The van der Waals surface area contributed by atoms with Crippen molar-refractivity contribution in [2.45, 2.75) is 51.2 Å². The number of likely N-dealkylation sites (tertiary alicyclic amines) is 2. The third-order valence-corrected chi connectivity index (χ3v) is 5.12. The van der Waals surface area contributed by atoms with E-state index in [0.717, 1.165) is 69.7 Å². The molecule has 5 nitrogen and oxygen atoms in total. The molecule has 5 heteroatoms. The molecule has 1 aromatic rings. The van der Waals surface area contributed by atoms with Crippen LogP contribution in [0.3, 0.4) is 0 Å². The third-order valence-electron chi connectivity index (χ3n) is 5.12. The van der Waals surface area contributed by atoms with Crippen LogP contribution in [0.2, 0.25) is 0 Å². The minimum Gasteiger partial charge on any atom is -0.393 e. The molecule has 22 heavy (non-hydrogen) atoms. The maximum atomic E-state index is 12.5. The van der Waals surface area contributed by atoms with Crippen molar-refractivity contribution in [1.82, 2.24) is 14.8 Å². The van der Waals surface area contributed by atoms with Crippen LogP contribution in [-0.4, -0.2) is 64.1 Å². The van der Waals surface area contributed by atoms with Crippen LogP contribution in [0.4, 0.5) is 0 Å². The Morgan fingerprint density at radius 2 is 1.86 bits per heavy atom. The second kappa shape index (κ2) is 6.84. The first-order chi connectivity index (χ1) is 10.7. The molecule has 0 unspecified atom stereocenters. The van der Waals surface area contributed by atoms with Crippen LogP contribution in [0.25, 0.3) is 0 Å². The Kier molecular flexibility index (Phi) is 4.84. The summed E-state index contributed by atoms with van der Waals surface area (Å²) in [6.45, 7) is 5.75. The molecule has 2 saturated heterocycles. The van der Waals surface area contributed by atoms with E-state index in [4.69, 9.17) is 0 Å². The molecule has 3 rings (SSSR count). The van der Waals surface area contributed by atoms with Crippen molar-refractivity contribution in [2.75, 3.05) is 26.2 Å². The molecule has 0 bridgehead atoms. The quantitative estimate of drug-likeness (QED) is 0.892. The van der Waals surface area contributed by atoms with Gasteiger partial charge in [-0.15, -0.1) is 0 Å². The van der Waals surface area contributed by atoms with Gasteiger partial charge in [-0.3, -0.25) is 4.79 Å². The number of aryl methyl sites for hydroxylation is 1. The molecule has 0 aromatic carbocycles. The van der Waals surface area contributed by atoms with Gasteiger partial charge in [0.15, 0.2) is 0 Å². The lowest BCUT2D eigenvalue weighted by atomic mass is 9.99. The molecule has 2 fully saturated rings. The highest BCUT2D eigenvalue weighted by Crippen LogP contribution is 2.22. The van der Waals surface area contributed by atoms with E-state index in [0.29, 0.717) is 6.04 Å². The number of carbonyl (C=O) groups excluding carboxylic acids is 1. The number of hydrogen-bond donors (Lipinski definition) is 2. The number of aromatic nitrogens is 1. The molecule has 0 saturated carbocycles. The molecule has 3 heterocycles. The van der Waals surface area contributed by atoms with E-state index >= 15 is 0 Å². The number of nitrogens with zero attached hydrogens (tertiary/aromatic N) is 2. The van der Waals surface area contributed by atoms with Crippen molar-refractivity contribution in [3.63, 3.8) is 0 Å². The van der Waals surface area contributed by atoms with Gasteiger partial charge >= 0.3 is 0 Å². The molecule has 0 spiro atoms. The largest absolute Gasteiger partial charge is 0.393 e. The Balaban J connectivity index is 1.52. The number of aliphatic hydroxyl groups is 1. The number of aliphatic hydroxyl groups excluding tert-OH is 1. The van der Waals surface area contributed by atoms with Gasteiger partial charge in [-0.2, -0.15) is 0 Å². The van der Waals surface area contributed by atoms with Crippen LogP contribution >= 0.6 is 0 Å². The minimum absolute atomic E-state index is 0.112. The summed E-state index contributed by atoms with van der Waals surface area (Å²) in [7, 11) is 0. The number of carbonyl (C=O) groups is 1. The van der Waals surface area contributed by atoms with Crippen molar-refractivity contribution in [3.8, 4) is 0 Å². The van der Waals surface area contributed by atoms with Gasteiger partial charge in [0, 0.05) is 37.9 Å². The van der Waals surface area contributed by atoms with Crippen LogP contribution in [0.15, 0.2) is 12.1 Å². The van der Waals surface area contributed by atoms with Crippen LogP contribution in [0, 0.1) is 0 Å². The number of piperidine rings is 2. The molecule has 2 aliphatic heterocycles. The van der Waals surface area contributed by atoms with Gasteiger partial charge in [0.05, 0.1) is 6.10 Å². The Morgan fingerprint density at radius 1 is 1.18 bits per heavy atom. The second-order valence-electron chi connectivity index (χ2n) is 6.54. The summed E-state index contributed by atoms with van der Waals surface area (Å²) in [6, 6.07) is 4.48. The Labute approximate surface area is 132 Å². The van der Waals surface area contributed by atoms with E-state index in [1.165, 1.54) is 0 Å². The fourth-order valence-electron chi connectivity index (χ4n) is 3.63.